The zero-order valence-electron chi connectivity index (χ0n) is 14.9. The van der Waals surface area contributed by atoms with Crippen LogP contribution in [0.15, 0.2) is 42.7 Å². The molecule has 0 radical (unpaired) electrons. The van der Waals surface area contributed by atoms with Crippen molar-refractivity contribution in [2.75, 3.05) is 36.5 Å². The van der Waals surface area contributed by atoms with Gasteiger partial charge in [-0.15, -0.1) is 0 Å². The van der Waals surface area contributed by atoms with Gasteiger partial charge in [-0.2, -0.15) is 0 Å². The molecule has 1 aromatic carbocycles. The Hall–Kier alpha value is -2.14. The van der Waals surface area contributed by atoms with Gasteiger partial charge in [-0.05, 0) is 30.7 Å². The van der Waals surface area contributed by atoms with E-state index in [0.29, 0.717) is 5.92 Å². The highest BCUT2D eigenvalue weighted by Gasteiger charge is 2.18. The summed E-state index contributed by atoms with van der Waals surface area (Å²) in [4.78, 5) is 11.2. The molecule has 0 amide bonds. The molecule has 1 fully saturated rings. The molecule has 1 aliphatic heterocycles. The molecule has 2 aromatic rings. The van der Waals surface area contributed by atoms with Gasteiger partial charge >= 0.3 is 0 Å². The number of benzene rings is 1. The van der Waals surface area contributed by atoms with Crippen molar-refractivity contribution in [2.24, 2.45) is 5.92 Å². The third-order valence-electron chi connectivity index (χ3n) is 4.91. The van der Waals surface area contributed by atoms with E-state index in [9.17, 15) is 5.11 Å². The van der Waals surface area contributed by atoms with Crippen LogP contribution >= 0.6 is 0 Å². The van der Waals surface area contributed by atoms with Crippen LogP contribution in [0.5, 0.6) is 0 Å². The molecule has 3 rings (SSSR count). The summed E-state index contributed by atoms with van der Waals surface area (Å²) in [5.74, 6) is 2.83. The van der Waals surface area contributed by atoms with Gasteiger partial charge in [0.25, 0.3) is 0 Å². The Morgan fingerprint density at radius 1 is 1.28 bits per heavy atom. The number of piperidine rings is 1. The van der Waals surface area contributed by atoms with Gasteiger partial charge in [0.2, 0.25) is 0 Å². The molecule has 0 bridgehead atoms. The zero-order valence-corrected chi connectivity index (χ0v) is 14.9. The van der Waals surface area contributed by atoms with E-state index in [-0.39, 0.29) is 12.5 Å². The van der Waals surface area contributed by atoms with Gasteiger partial charge < -0.3 is 15.3 Å². The van der Waals surface area contributed by atoms with Crippen LogP contribution in [0.2, 0.25) is 0 Å². The minimum absolute atomic E-state index is 0.182. The lowest BCUT2D eigenvalue weighted by molar-refractivity contribution is 0.277. The fourth-order valence-corrected chi connectivity index (χ4v) is 3.51. The van der Waals surface area contributed by atoms with Crippen molar-refractivity contribution in [1.82, 2.24) is 9.97 Å². The van der Waals surface area contributed by atoms with Gasteiger partial charge in [-0.3, -0.25) is 0 Å². The lowest BCUT2D eigenvalue weighted by atomic mass is 9.96. The number of nitrogens with zero attached hydrogens (tertiary/aromatic N) is 3. The molecule has 5 nitrogen and oxygen atoms in total. The standard InChI is InChI=1S/C20H28N4O/c1-16-6-5-10-24(14-16)20-12-19(22-15-23-20)21-13-18(9-11-25)17-7-3-2-4-8-17/h2-4,7-8,12,15-16,18,25H,5-6,9-11,13-14H2,1H3,(H,21,22,23). The van der Waals surface area contributed by atoms with Gasteiger partial charge in [0, 0.05) is 38.2 Å². The van der Waals surface area contributed by atoms with Crippen molar-refractivity contribution in [1.29, 1.82) is 0 Å². The Labute approximate surface area is 150 Å². The number of anilines is 2. The molecule has 1 aromatic heterocycles. The number of aliphatic hydroxyl groups excluding tert-OH is 1. The SMILES string of the molecule is CC1CCCN(c2cc(NCC(CCO)c3ccccc3)ncn2)C1. The zero-order chi connectivity index (χ0) is 17.5. The first-order valence-electron chi connectivity index (χ1n) is 9.23. The molecule has 0 saturated carbocycles. The van der Waals surface area contributed by atoms with Gasteiger partial charge in [0.1, 0.15) is 18.0 Å². The predicted octanol–water partition coefficient (Wildman–Crippen LogP) is 3.29. The lowest BCUT2D eigenvalue weighted by Gasteiger charge is -2.31. The summed E-state index contributed by atoms with van der Waals surface area (Å²) in [7, 11) is 0. The van der Waals surface area contributed by atoms with Gasteiger partial charge in [0.05, 0.1) is 0 Å². The summed E-state index contributed by atoms with van der Waals surface area (Å²) in [6, 6.07) is 12.4. The predicted molar refractivity (Wildman–Crippen MR) is 102 cm³/mol. The molecule has 1 saturated heterocycles. The van der Waals surface area contributed by atoms with Crippen LogP contribution in [0, 0.1) is 5.92 Å². The Balaban J connectivity index is 1.65. The van der Waals surface area contributed by atoms with E-state index >= 15 is 0 Å². The third kappa shape index (κ3) is 4.92. The largest absolute Gasteiger partial charge is 0.396 e. The average molecular weight is 340 g/mol. The van der Waals surface area contributed by atoms with Crippen LogP contribution in [-0.2, 0) is 0 Å². The van der Waals surface area contributed by atoms with E-state index in [0.717, 1.165) is 37.7 Å². The number of aliphatic hydroxyl groups is 1. The van der Waals surface area contributed by atoms with Crippen molar-refractivity contribution in [2.45, 2.75) is 32.1 Å². The first-order valence-corrected chi connectivity index (χ1v) is 9.23. The highest BCUT2D eigenvalue weighted by Crippen LogP contribution is 2.23. The fourth-order valence-electron chi connectivity index (χ4n) is 3.51. The molecule has 0 spiro atoms. The monoisotopic (exact) mass is 340 g/mol. The van der Waals surface area contributed by atoms with Gasteiger partial charge in [-0.25, -0.2) is 9.97 Å². The van der Waals surface area contributed by atoms with E-state index < -0.39 is 0 Å². The van der Waals surface area contributed by atoms with Crippen LogP contribution in [-0.4, -0.2) is 41.3 Å². The number of hydrogen-bond donors (Lipinski definition) is 2. The summed E-state index contributed by atoms with van der Waals surface area (Å²) >= 11 is 0. The topological polar surface area (TPSA) is 61.3 Å². The second kappa shape index (κ2) is 8.81. The Morgan fingerprint density at radius 2 is 2.12 bits per heavy atom. The maximum absolute atomic E-state index is 9.37. The molecule has 25 heavy (non-hydrogen) atoms. The van der Waals surface area contributed by atoms with E-state index in [1.165, 1.54) is 18.4 Å². The number of aromatic nitrogens is 2. The Bertz CT molecular complexity index is 649. The lowest BCUT2D eigenvalue weighted by Crippen LogP contribution is -2.34. The molecule has 134 valence electrons. The van der Waals surface area contributed by atoms with Crippen molar-refractivity contribution < 1.29 is 5.11 Å². The maximum atomic E-state index is 9.37. The highest BCUT2D eigenvalue weighted by atomic mass is 16.3. The average Bonchev–Trinajstić information content (AvgIpc) is 2.66. The van der Waals surface area contributed by atoms with Crippen molar-refractivity contribution in [3.63, 3.8) is 0 Å². The van der Waals surface area contributed by atoms with Crippen LogP contribution < -0.4 is 10.2 Å². The van der Waals surface area contributed by atoms with Crippen molar-refractivity contribution >= 4 is 11.6 Å². The second-order valence-electron chi connectivity index (χ2n) is 6.96. The van der Waals surface area contributed by atoms with E-state index in [4.69, 9.17) is 0 Å². The summed E-state index contributed by atoms with van der Waals surface area (Å²) in [6.45, 7) is 5.36. The Morgan fingerprint density at radius 3 is 2.88 bits per heavy atom. The van der Waals surface area contributed by atoms with Crippen LogP contribution in [0.1, 0.15) is 37.7 Å². The molecule has 1 aliphatic rings. The van der Waals surface area contributed by atoms with Crippen molar-refractivity contribution in [3.05, 3.63) is 48.3 Å². The summed E-state index contributed by atoms with van der Waals surface area (Å²) < 4.78 is 0. The van der Waals surface area contributed by atoms with Crippen molar-refractivity contribution in [3.8, 4) is 0 Å². The quantitative estimate of drug-likeness (QED) is 0.810. The third-order valence-corrected chi connectivity index (χ3v) is 4.91. The summed E-state index contributed by atoms with van der Waals surface area (Å²) in [6.07, 6.45) is 4.90. The second-order valence-corrected chi connectivity index (χ2v) is 6.96. The van der Waals surface area contributed by atoms with Gasteiger partial charge in [-0.1, -0.05) is 37.3 Å². The first kappa shape index (κ1) is 17.7. The van der Waals surface area contributed by atoms with Gasteiger partial charge in [0.15, 0.2) is 0 Å². The highest BCUT2D eigenvalue weighted by molar-refractivity contribution is 5.49. The van der Waals surface area contributed by atoms with Crippen LogP contribution in [0.25, 0.3) is 0 Å². The Kier molecular flexibility index (Phi) is 6.23. The molecule has 0 aliphatic carbocycles. The minimum Gasteiger partial charge on any atom is -0.396 e. The summed E-state index contributed by atoms with van der Waals surface area (Å²) in [5.41, 5.74) is 1.24. The maximum Gasteiger partial charge on any atom is 0.134 e. The van der Waals surface area contributed by atoms with Crippen LogP contribution in [0.4, 0.5) is 11.6 Å². The van der Waals surface area contributed by atoms with E-state index in [2.05, 4.69) is 39.2 Å². The number of hydrogen-bond acceptors (Lipinski definition) is 5. The number of rotatable bonds is 7. The molecule has 5 heteroatoms. The molecular weight excluding hydrogens is 312 g/mol. The van der Waals surface area contributed by atoms with Crippen LogP contribution in [0.3, 0.4) is 0 Å². The van der Waals surface area contributed by atoms with E-state index in [1.807, 2.05) is 24.3 Å². The first-order chi connectivity index (χ1) is 12.3. The normalized spacial score (nSPS) is 18.8. The molecule has 2 atom stereocenters. The molecule has 2 heterocycles. The minimum atomic E-state index is 0.182. The smallest absolute Gasteiger partial charge is 0.134 e. The molecule has 2 unspecified atom stereocenters. The van der Waals surface area contributed by atoms with E-state index in [1.54, 1.807) is 6.33 Å². The molecule has 2 N–H and O–H groups in total. The number of nitrogens with one attached hydrogen (secondary N) is 1. The fraction of sp³-hybridized carbons (Fsp3) is 0.500. The summed E-state index contributed by atoms with van der Waals surface area (Å²) in [5, 5.41) is 12.8. The molecular formula is C20H28N4O.